The molecule has 0 unspecified atom stereocenters. The van der Waals surface area contributed by atoms with Crippen molar-refractivity contribution < 1.29 is 128 Å². The summed E-state index contributed by atoms with van der Waals surface area (Å²) >= 11 is 0. The van der Waals surface area contributed by atoms with Crippen LogP contribution in [0, 0.1) is 0 Å². The molecule has 3 aliphatic rings. The number of nitrogens with zero attached hydrogens (tertiary/aromatic N) is 3. The van der Waals surface area contributed by atoms with Crippen LogP contribution in [0.4, 0.5) is 0 Å². The fourth-order valence-electron chi connectivity index (χ4n) is 5.52. The molecule has 3 aromatic rings. The predicted molar refractivity (Wildman–Crippen MR) is 225 cm³/mol. The standard InChI is InChI=1S/3C13H20BNO4.BO3.3Li/c3*1-12(2)13(3,4)19-14(18-12)10-8-7-9(16-5)11(15-10)17-6;2-1(3)4;;;/h3*7-8H,1-6H3;;;;/q;;;-3;3*+1. The molecular formula is C39H60B4Li3N3O15. The van der Waals surface area contributed by atoms with Crippen LogP contribution in [0.2, 0.25) is 0 Å². The zero-order chi connectivity index (χ0) is 46.4. The minimum absolute atomic E-state index is 0. The van der Waals surface area contributed by atoms with Crippen LogP contribution < -0.4 is 117 Å². The molecule has 0 radical (unpaired) electrons. The minimum Gasteiger partial charge on any atom is -0.907 e. The van der Waals surface area contributed by atoms with Crippen LogP contribution >= 0.6 is 0 Å². The number of pyridine rings is 3. The van der Waals surface area contributed by atoms with Crippen molar-refractivity contribution in [2.75, 3.05) is 42.7 Å². The first-order chi connectivity index (χ1) is 28.1. The first kappa shape index (κ1) is 61.9. The van der Waals surface area contributed by atoms with Crippen molar-refractivity contribution in [2.45, 2.75) is 117 Å². The van der Waals surface area contributed by atoms with Gasteiger partial charge in [-0.15, -0.1) is 0 Å². The van der Waals surface area contributed by atoms with Crippen molar-refractivity contribution in [3.8, 4) is 34.9 Å². The van der Waals surface area contributed by atoms with Gasteiger partial charge in [-0.1, -0.05) is 0 Å². The maximum atomic E-state index is 8.42. The van der Waals surface area contributed by atoms with Gasteiger partial charge in [-0.05, 0) is 119 Å². The van der Waals surface area contributed by atoms with Gasteiger partial charge in [0.25, 0.3) is 17.6 Å². The Labute approximate surface area is 416 Å². The number of aromatic nitrogens is 3. The van der Waals surface area contributed by atoms with E-state index in [2.05, 4.69) is 15.0 Å². The fraction of sp³-hybridized carbons (Fsp3) is 0.615. The molecule has 0 saturated carbocycles. The van der Waals surface area contributed by atoms with Crippen LogP contribution in [0.25, 0.3) is 0 Å². The molecule has 3 aliphatic heterocycles. The van der Waals surface area contributed by atoms with E-state index < -0.39 is 28.7 Å². The van der Waals surface area contributed by atoms with Gasteiger partial charge in [-0.25, -0.2) is 15.0 Å². The van der Waals surface area contributed by atoms with Crippen LogP contribution in [0.5, 0.6) is 34.9 Å². The number of methoxy groups -OCH3 is 6. The van der Waals surface area contributed by atoms with E-state index in [1.54, 1.807) is 60.9 Å². The van der Waals surface area contributed by atoms with E-state index >= 15 is 0 Å². The molecule has 0 bridgehead atoms. The Kier molecular flexibility index (Phi) is 24.0. The summed E-state index contributed by atoms with van der Waals surface area (Å²) in [6.45, 7) is 24.1. The van der Waals surface area contributed by atoms with Gasteiger partial charge >= 0.3 is 77.9 Å². The van der Waals surface area contributed by atoms with Crippen molar-refractivity contribution in [1.29, 1.82) is 0 Å². The summed E-state index contributed by atoms with van der Waals surface area (Å²) in [6, 6.07) is 10.9. The SMILES string of the molecule is COc1ccc(B2OC(C)(C)C(C)(C)O2)nc1OC.COc1ccc(B2OC(C)(C)C(C)(C)O2)nc1OC.COc1ccc(B2OC(C)(C)C(C)(C)O2)nc1OC.[Li+].[Li+].[Li+].[O-]B([O-])[O-]. The monoisotopic (exact) mass is 875 g/mol. The summed E-state index contributed by atoms with van der Waals surface area (Å²) in [5.41, 5.74) is -0.263. The van der Waals surface area contributed by atoms with E-state index in [-0.39, 0.29) is 90.2 Å². The third-order valence-electron chi connectivity index (χ3n) is 11.3. The molecule has 0 spiro atoms. The second kappa shape index (κ2) is 24.8. The molecule has 3 saturated heterocycles. The van der Waals surface area contributed by atoms with Gasteiger partial charge < -0.3 is 71.4 Å². The van der Waals surface area contributed by atoms with E-state index in [1.165, 1.54) is 0 Å². The van der Waals surface area contributed by atoms with E-state index in [0.29, 0.717) is 51.7 Å². The van der Waals surface area contributed by atoms with Gasteiger partial charge in [0, 0.05) is 0 Å². The largest absolute Gasteiger partial charge is 1.00 e. The van der Waals surface area contributed by atoms with Crippen molar-refractivity contribution in [2.24, 2.45) is 0 Å². The molecule has 25 heteroatoms. The van der Waals surface area contributed by atoms with Gasteiger partial charge in [0.05, 0.1) is 93.0 Å². The Morgan fingerprint density at radius 3 is 0.688 bits per heavy atom. The first-order valence-corrected chi connectivity index (χ1v) is 19.5. The Balaban J connectivity index is 0.000000871. The molecule has 6 heterocycles. The van der Waals surface area contributed by atoms with Crippen LogP contribution in [-0.2, 0) is 27.9 Å². The average molecular weight is 875 g/mol. The molecular weight excluding hydrogens is 815 g/mol. The maximum absolute atomic E-state index is 8.42. The third kappa shape index (κ3) is 15.0. The molecule has 0 atom stereocenters. The van der Waals surface area contributed by atoms with Crippen molar-refractivity contribution in [3.05, 3.63) is 36.4 Å². The zero-order valence-corrected chi connectivity index (χ0v) is 41.7. The maximum Gasteiger partial charge on any atom is 1.00 e. The van der Waals surface area contributed by atoms with E-state index in [1.807, 2.05) is 101 Å². The topological polar surface area (TPSA) is 219 Å². The Bertz CT molecular complexity index is 1660. The summed E-state index contributed by atoms with van der Waals surface area (Å²) in [7, 11) is 4.99. The molecule has 0 aromatic carbocycles. The number of ether oxygens (including phenoxy) is 6. The Hall–Kier alpha value is -2.06. The van der Waals surface area contributed by atoms with Crippen LogP contribution in [0.3, 0.4) is 0 Å². The first-order valence-electron chi connectivity index (χ1n) is 19.5. The van der Waals surface area contributed by atoms with Crippen LogP contribution in [0.1, 0.15) is 83.1 Å². The summed E-state index contributed by atoms with van der Waals surface area (Å²) < 4.78 is 66.7. The van der Waals surface area contributed by atoms with Crippen LogP contribution in [0.15, 0.2) is 36.4 Å². The summed E-state index contributed by atoms with van der Waals surface area (Å²) in [4.78, 5) is 13.1. The average Bonchev–Trinajstić information content (AvgIpc) is 3.66. The molecule has 3 aromatic heterocycles. The number of hydrogen-bond acceptors (Lipinski definition) is 18. The van der Waals surface area contributed by atoms with E-state index in [0.717, 1.165) is 0 Å². The van der Waals surface area contributed by atoms with E-state index in [9.17, 15) is 0 Å². The van der Waals surface area contributed by atoms with Gasteiger partial charge in [0.2, 0.25) is 0 Å². The summed E-state index contributed by atoms with van der Waals surface area (Å²) in [5.74, 6) is 3.03. The zero-order valence-electron chi connectivity index (χ0n) is 41.7. The van der Waals surface area contributed by atoms with Crippen molar-refractivity contribution in [3.63, 3.8) is 0 Å². The predicted octanol–water partition coefficient (Wildman–Crippen LogP) is -8.74. The van der Waals surface area contributed by atoms with E-state index in [4.69, 9.17) is 71.4 Å². The second-order valence-electron chi connectivity index (χ2n) is 16.9. The number of rotatable bonds is 9. The minimum atomic E-state index is -2.92. The molecule has 64 heavy (non-hydrogen) atoms. The molecule has 3 fully saturated rings. The van der Waals surface area contributed by atoms with Gasteiger partial charge in [0.15, 0.2) is 17.2 Å². The van der Waals surface area contributed by atoms with Gasteiger partial charge in [0.1, 0.15) is 0 Å². The second-order valence-corrected chi connectivity index (χ2v) is 16.9. The molecule has 0 N–H and O–H groups in total. The Morgan fingerprint density at radius 2 is 0.547 bits per heavy atom. The third-order valence-corrected chi connectivity index (χ3v) is 11.3. The van der Waals surface area contributed by atoms with Crippen molar-refractivity contribution in [1.82, 2.24) is 15.0 Å². The molecule has 0 aliphatic carbocycles. The molecule has 18 nitrogen and oxygen atoms in total. The summed E-state index contributed by atoms with van der Waals surface area (Å²) in [6.07, 6.45) is 0. The Morgan fingerprint density at radius 1 is 0.375 bits per heavy atom. The van der Waals surface area contributed by atoms with Gasteiger partial charge in [-0.3, -0.25) is 7.32 Å². The molecule has 336 valence electrons. The number of hydrogen-bond donors (Lipinski definition) is 0. The van der Waals surface area contributed by atoms with Gasteiger partial charge in [-0.2, -0.15) is 0 Å². The molecule has 6 rings (SSSR count). The normalized spacial score (nSPS) is 18.6. The quantitative estimate of drug-likeness (QED) is 0.182. The van der Waals surface area contributed by atoms with Crippen molar-refractivity contribution >= 4 is 45.5 Å². The fourth-order valence-corrected chi connectivity index (χ4v) is 5.52. The molecule has 0 amide bonds. The smallest absolute Gasteiger partial charge is 0.907 e. The van der Waals surface area contributed by atoms with Crippen LogP contribution in [-0.4, -0.2) is 120 Å². The summed E-state index contributed by atoms with van der Waals surface area (Å²) in [5, 5.41) is 25.2.